The molecule has 0 atom stereocenters. The van der Waals surface area contributed by atoms with Gasteiger partial charge in [-0.2, -0.15) is 0 Å². The van der Waals surface area contributed by atoms with Crippen molar-refractivity contribution in [2.24, 2.45) is 0 Å². The Balaban J connectivity index is 0.00000380. The molecule has 0 radical (unpaired) electrons. The second-order valence-corrected chi connectivity index (χ2v) is 12.9. The molecule has 0 heterocycles. The average molecular weight is 527 g/mol. The minimum atomic E-state index is -1.87. The third kappa shape index (κ3) is 6.07. The van der Waals surface area contributed by atoms with E-state index in [2.05, 4.69) is 143 Å². The quantitative estimate of drug-likeness (QED) is 0.241. The van der Waals surface area contributed by atoms with Crippen LogP contribution < -0.4 is 33.1 Å². The Morgan fingerprint density at radius 3 is 1.62 bits per heavy atom. The summed E-state index contributed by atoms with van der Waals surface area (Å²) in [5.74, 6) is 0.956. The highest BCUT2D eigenvalue weighted by Crippen LogP contribution is 2.55. The summed E-state index contributed by atoms with van der Waals surface area (Å²) in [6, 6.07) is 35.3. The van der Waals surface area contributed by atoms with Gasteiger partial charge in [-0.3, -0.25) is 0 Å². The Hall–Kier alpha value is -3.12. The van der Waals surface area contributed by atoms with Gasteiger partial charge in [0.15, 0.2) is 0 Å². The van der Waals surface area contributed by atoms with E-state index in [1.54, 1.807) is 7.11 Å². The van der Waals surface area contributed by atoms with E-state index in [0.717, 1.165) is 11.9 Å². The van der Waals surface area contributed by atoms with E-state index in [4.69, 9.17) is 4.74 Å². The standard InChI is InChI=1S/C34H36OP.ClH/c1-26(21-22-33-27(2)25-34(35-5)29(4)28(33)3)23-24-36(30-15-9-6-10-16-30,31-17-11-7-12-18-31)32-19-13-8-14-20-32;/h6-23,25H,24H2,1-5H3;1H/q+1;/p-1. The fourth-order valence-electron chi connectivity index (χ4n) is 4.91. The van der Waals surface area contributed by atoms with Crippen LogP contribution in [0.25, 0.3) is 6.08 Å². The van der Waals surface area contributed by atoms with Crippen molar-refractivity contribution in [1.82, 2.24) is 0 Å². The predicted octanol–water partition coefficient (Wildman–Crippen LogP) is 4.58. The molecule has 0 bridgehead atoms. The van der Waals surface area contributed by atoms with E-state index in [1.807, 2.05) is 0 Å². The van der Waals surface area contributed by atoms with Crippen LogP contribution in [-0.4, -0.2) is 13.3 Å². The number of halogens is 1. The maximum Gasteiger partial charge on any atom is 0.122 e. The zero-order valence-corrected chi connectivity index (χ0v) is 24.1. The van der Waals surface area contributed by atoms with Crippen molar-refractivity contribution in [3.63, 3.8) is 0 Å². The highest BCUT2D eigenvalue weighted by atomic mass is 35.5. The van der Waals surface area contributed by atoms with Crippen LogP contribution in [0.15, 0.2) is 115 Å². The number of ether oxygens (including phenoxy) is 1. The minimum absolute atomic E-state index is 0. The second-order valence-electron chi connectivity index (χ2n) is 9.34. The molecule has 0 aliphatic heterocycles. The third-order valence-electron chi connectivity index (χ3n) is 7.12. The largest absolute Gasteiger partial charge is 1.00 e. The third-order valence-corrected chi connectivity index (χ3v) is 11.4. The number of methoxy groups -OCH3 is 1. The van der Waals surface area contributed by atoms with Crippen LogP contribution in [0, 0.1) is 20.8 Å². The molecular formula is C34H36ClOP. The summed E-state index contributed by atoms with van der Waals surface area (Å²) in [7, 11) is -0.126. The molecule has 0 saturated carbocycles. The van der Waals surface area contributed by atoms with Gasteiger partial charge in [-0.1, -0.05) is 72.3 Å². The molecule has 190 valence electrons. The van der Waals surface area contributed by atoms with Crippen molar-refractivity contribution >= 4 is 29.3 Å². The van der Waals surface area contributed by atoms with E-state index in [9.17, 15) is 0 Å². The number of hydrogen-bond acceptors (Lipinski definition) is 1. The smallest absolute Gasteiger partial charge is 0.122 e. The number of allylic oxidation sites excluding steroid dienone is 3. The van der Waals surface area contributed by atoms with Crippen LogP contribution in [0.5, 0.6) is 5.75 Å². The van der Waals surface area contributed by atoms with Crippen molar-refractivity contribution < 1.29 is 17.1 Å². The molecule has 0 spiro atoms. The highest BCUT2D eigenvalue weighted by molar-refractivity contribution is 7.95. The maximum absolute atomic E-state index is 5.56. The topological polar surface area (TPSA) is 9.23 Å². The lowest BCUT2D eigenvalue weighted by molar-refractivity contribution is -0.00000757. The van der Waals surface area contributed by atoms with Gasteiger partial charge in [0.2, 0.25) is 0 Å². The minimum Gasteiger partial charge on any atom is -1.00 e. The van der Waals surface area contributed by atoms with Crippen molar-refractivity contribution in [3.05, 3.63) is 137 Å². The van der Waals surface area contributed by atoms with Crippen LogP contribution in [-0.2, 0) is 0 Å². The first-order valence-electron chi connectivity index (χ1n) is 12.5. The van der Waals surface area contributed by atoms with Crippen LogP contribution in [0.4, 0.5) is 0 Å². The summed E-state index contributed by atoms with van der Waals surface area (Å²) in [6.45, 7) is 8.68. The van der Waals surface area contributed by atoms with Gasteiger partial charge in [0, 0.05) is 0 Å². The van der Waals surface area contributed by atoms with Gasteiger partial charge in [-0.05, 0) is 98.5 Å². The first-order chi connectivity index (χ1) is 17.5. The molecule has 1 nitrogen and oxygen atoms in total. The Morgan fingerprint density at radius 1 is 0.730 bits per heavy atom. The summed E-state index contributed by atoms with van der Waals surface area (Å²) in [5, 5.41) is 4.23. The number of benzene rings is 4. The predicted molar refractivity (Wildman–Crippen MR) is 160 cm³/mol. The lowest BCUT2D eigenvalue weighted by Crippen LogP contribution is -3.00. The van der Waals surface area contributed by atoms with Crippen molar-refractivity contribution in [2.75, 3.05) is 13.3 Å². The van der Waals surface area contributed by atoms with Crippen molar-refractivity contribution in [1.29, 1.82) is 0 Å². The summed E-state index contributed by atoms with van der Waals surface area (Å²) in [6.07, 6.45) is 7.92. The van der Waals surface area contributed by atoms with Gasteiger partial charge in [0.05, 0.1) is 13.3 Å². The zero-order chi connectivity index (χ0) is 25.5. The molecule has 0 aliphatic carbocycles. The lowest BCUT2D eigenvalue weighted by atomic mass is 9.96. The molecule has 3 heteroatoms. The number of hydrogen-bond donors (Lipinski definition) is 0. The molecule has 0 unspecified atom stereocenters. The van der Waals surface area contributed by atoms with E-state index in [1.165, 1.54) is 43.7 Å². The summed E-state index contributed by atoms with van der Waals surface area (Å²) < 4.78 is 5.56. The molecule has 0 aromatic heterocycles. The van der Waals surface area contributed by atoms with Gasteiger partial charge in [-0.25, -0.2) is 0 Å². The number of rotatable bonds is 8. The average Bonchev–Trinajstić information content (AvgIpc) is 2.93. The van der Waals surface area contributed by atoms with Gasteiger partial charge in [0.1, 0.15) is 28.9 Å². The Morgan fingerprint density at radius 2 is 1.19 bits per heavy atom. The van der Waals surface area contributed by atoms with Crippen molar-refractivity contribution in [2.45, 2.75) is 27.7 Å². The molecule has 37 heavy (non-hydrogen) atoms. The van der Waals surface area contributed by atoms with Crippen LogP contribution >= 0.6 is 7.26 Å². The van der Waals surface area contributed by atoms with Gasteiger partial charge in [-0.15, -0.1) is 0 Å². The van der Waals surface area contributed by atoms with E-state index in [0.29, 0.717) is 0 Å². The summed E-state index contributed by atoms with van der Waals surface area (Å²) in [4.78, 5) is 0. The highest BCUT2D eigenvalue weighted by Gasteiger charge is 2.44. The molecule has 0 aliphatic rings. The fourth-order valence-corrected chi connectivity index (χ4v) is 9.04. The Bertz CT molecular complexity index is 1260. The molecule has 4 rings (SSSR count). The SMILES string of the molecule is COc1cc(C)c(C=CC(C)=CC[P+](c2ccccc2)(c2ccccc2)c2ccccc2)c(C)c1C.[Cl-]. The van der Waals surface area contributed by atoms with Crippen LogP contribution in [0.3, 0.4) is 0 Å². The van der Waals surface area contributed by atoms with Crippen LogP contribution in [0.1, 0.15) is 29.2 Å². The monoisotopic (exact) mass is 526 g/mol. The number of aryl methyl sites for hydroxylation is 1. The molecule has 0 saturated heterocycles. The molecular weight excluding hydrogens is 491 g/mol. The second kappa shape index (κ2) is 12.9. The first kappa shape index (κ1) is 28.5. The van der Waals surface area contributed by atoms with Gasteiger partial charge >= 0.3 is 0 Å². The fraction of sp³-hybridized carbons (Fsp3) is 0.176. The Labute approximate surface area is 229 Å². The molecule has 4 aromatic carbocycles. The van der Waals surface area contributed by atoms with E-state index in [-0.39, 0.29) is 12.4 Å². The van der Waals surface area contributed by atoms with E-state index < -0.39 is 7.26 Å². The molecule has 0 N–H and O–H groups in total. The summed E-state index contributed by atoms with van der Waals surface area (Å²) >= 11 is 0. The van der Waals surface area contributed by atoms with E-state index >= 15 is 0 Å². The van der Waals surface area contributed by atoms with Crippen molar-refractivity contribution in [3.8, 4) is 5.75 Å². The zero-order valence-electron chi connectivity index (χ0n) is 22.4. The molecule has 0 amide bonds. The Kier molecular flexibility index (Phi) is 9.93. The normalized spacial score (nSPS) is 11.9. The first-order valence-corrected chi connectivity index (χ1v) is 14.5. The lowest BCUT2D eigenvalue weighted by Gasteiger charge is -2.26. The van der Waals surface area contributed by atoms with Gasteiger partial charge < -0.3 is 17.1 Å². The maximum atomic E-state index is 5.56. The summed E-state index contributed by atoms with van der Waals surface area (Å²) in [5.41, 5.74) is 6.26. The molecule has 4 aromatic rings. The van der Waals surface area contributed by atoms with Crippen LogP contribution in [0.2, 0.25) is 0 Å². The van der Waals surface area contributed by atoms with Gasteiger partial charge in [0.25, 0.3) is 0 Å². The molecule has 0 fully saturated rings.